The van der Waals surface area contributed by atoms with Crippen LogP contribution in [0, 0.1) is 40.8 Å². The third-order valence-electron chi connectivity index (χ3n) is 10.2. The van der Waals surface area contributed by atoms with Gasteiger partial charge in [-0.15, -0.1) is 0 Å². The Morgan fingerprint density at radius 1 is 1.18 bits per heavy atom. The predicted octanol–water partition coefficient (Wildman–Crippen LogP) is 2.01. The highest BCUT2D eigenvalue weighted by Gasteiger charge is 2.72. The normalized spacial score (nSPS) is 34.8. The highest BCUT2D eigenvalue weighted by Crippen LogP contribution is 2.66. The zero-order valence-electron chi connectivity index (χ0n) is 22.3. The van der Waals surface area contributed by atoms with Crippen LogP contribution in [0.25, 0.3) is 0 Å². The number of rotatable bonds is 7. The molecule has 6 unspecified atom stereocenters. The van der Waals surface area contributed by atoms with Crippen molar-refractivity contribution in [1.82, 2.24) is 9.80 Å². The lowest BCUT2D eigenvalue weighted by Crippen LogP contribution is -2.62. The molecule has 1 spiro atoms. The molecular formula is C30H34FN3O5. The van der Waals surface area contributed by atoms with Gasteiger partial charge in [0.1, 0.15) is 17.5 Å². The molecule has 0 heterocycles. The number of carbonyl (C=O) groups is 4. The summed E-state index contributed by atoms with van der Waals surface area (Å²) >= 11 is 0. The van der Waals surface area contributed by atoms with Crippen molar-refractivity contribution in [2.45, 2.75) is 57.2 Å². The van der Waals surface area contributed by atoms with Crippen molar-refractivity contribution in [1.29, 1.82) is 0 Å². The average molecular weight is 536 g/mol. The van der Waals surface area contributed by atoms with Gasteiger partial charge in [-0.1, -0.05) is 6.08 Å². The summed E-state index contributed by atoms with van der Waals surface area (Å²) < 4.78 is 16.1. The number of phenols is 1. The van der Waals surface area contributed by atoms with E-state index in [-0.39, 0.29) is 34.9 Å². The van der Waals surface area contributed by atoms with Crippen LogP contribution in [0.4, 0.5) is 4.39 Å². The highest BCUT2D eigenvalue weighted by molar-refractivity contribution is 6.21. The zero-order valence-corrected chi connectivity index (χ0v) is 22.3. The number of benzene rings is 1. The standard InChI is InChI=1S/C30H34FN3O5/c1-33(2)25-18-8-14-7-17-22(20(35)9-15(24(17)31)12-34(16-5-6-16)11-13-3-4-13)26(36)21(14)28(38)30(18)10-19(30)23(27(25)37)29(32)39/h9-10,13-14,16,18,21,23,25,35H,3-8,11-12H2,1-2H3,(H2,32,39). The molecule has 0 aromatic heterocycles. The van der Waals surface area contributed by atoms with E-state index in [0.717, 1.165) is 19.4 Å². The van der Waals surface area contributed by atoms with Gasteiger partial charge in [0, 0.05) is 36.2 Å². The molecule has 0 bridgehead atoms. The maximum atomic E-state index is 16.1. The monoisotopic (exact) mass is 535 g/mol. The summed E-state index contributed by atoms with van der Waals surface area (Å²) in [6.45, 7) is 1.31. The number of fused-ring (bicyclic) bond motifs is 2. The maximum absolute atomic E-state index is 16.1. The van der Waals surface area contributed by atoms with Crippen LogP contribution < -0.4 is 5.73 Å². The van der Waals surface area contributed by atoms with E-state index in [2.05, 4.69) is 4.90 Å². The fourth-order valence-electron chi connectivity index (χ4n) is 8.10. The number of hydrogen-bond acceptors (Lipinski definition) is 7. The second kappa shape index (κ2) is 8.30. The Bertz CT molecular complexity index is 1380. The number of halogens is 1. The van der Waals surface area contributed by atoms with Crippen molar-refractivity contribution in [3.05, 3.63) is 40.2 Å². The van der Waals surface area contributed by atoms with Crippen molar-refractivity contribution in [2.24, 2.45) is 40.7 Å². The number of Topliss-reactive ketones (excluding diaryl/α,β-unsaturated/α-hetero) is 3. The summed E-state index contributed by atoms with van der Waals surface area (Å²) in [7, 11) is 3.47. The van der Waals surface area contributed by atoms with Crippen LogP contribution in [0.5, 0.6) is 5.75 Å². The van der Waals surface area contributed by atoms with E-state index >= 15 is 4.39 Å². The Morgan fingerprint density at radius 2 is 1.90 bits per heavy atom. The molecule has 6 aliphatic carbocycles. The van der Waals surface area contributed by atoms with E-state index in [4.69, 9.17) is 5.73 Å². The van der Waals surface area contributed by atoms with Crippen LogP contribution in [0.3, 0.4) is 0 Å². The third kappa shape index (κ3) is 3.55. The first-order valence-corrected chi connectivity index (χ1v) is 14.1. The number of ketones is 3. The number of nitrogens with zero attached hydrogens (tertiary/aromatic N) is 2. The zero-order chi connectivity index (χ0) is 27.5. The average Bonchev–Trinajstić information content (AvgIpc) is 3.70. The molecule has 4 fully saturated rings. The minimum absolute atomic E-state index is 0.0921. The summed E-state index contributed by atoms with van der Waals surface area (Å²) in [6, 6.07) is 1.09. The number of carbonyl (C=O) groups excluding carboxylic acids is 4. The Balaban J connectivity index is 1.24. The van der Waals surface area contributed by atoms with Crippen LogP contribution in [-0.4, -0.2) is 70.9 Å². The van der Waals surface area contributed by atoms with Gasteiger partial charge in [0.15, 0.2) is 17.3 Å². The lowest BCUT2D eigenvalue weighted by atomic mass is 9.53. The molecule has 1 amide bonds. The lowest BCUT2D eigenvalue weighted by molar-refractivity contribution is -0.145. The van der Waals surface area contributed by atoms with Crippen molar-refractivity contribution in [2.75, 3.05) is 20.6 Å². The van der Waals surface area contributed by atoms with E-state index in [0.29, 0.717) is 36.1 Å². The number of nitrogens with two attached hydrogens (primary N) is 1. The fraction of sp³-hybridized carbons (Fsp3) is 0.600. The van der Waals surface area contributed by atoms with Gasteiger partial charge >= 0.3 is 0 Å². The number of aromatic hydroxyl groups is 1. The highest BCUT2D eigenvalue weighted by atomic mass is 19.1. The van der Waals surface area contributed by atoms with Crippen LogP contribution in [0.2, 0.25) is 0 Å². The number of likely N-dealkylation sites (N-methyl/N-ethyl adjacent to an activating group) is 1. The SMILES string of the molecule is CN(C)C1C(=O)C(C(N)=O)C2=CC23C(=O)C2C(=O)c4c(O)cc(CN(CC5CC5)C5CC5)c(F)c4CC2CC13. The number of allylic oxidation sites excluding steroid dienone is 1. The first-order valence-electron chi connectivity index (χ1n) is 14.1. The summed E-state index contributed by atoms with van der Waals surface area (Å²) in [6.07, 6.45) is 6.75. The van der Waals surface area contributed by atoms with Crippen molar-refractivity contribution in [3.8, 4) is 5.75 Å². The predicted molar refractivity (Wildman–Crippen MR) is 138 cm³/mol. The van der Waals surface area contributed by atoms with E-state index in [9.17, 15) is 24.3 Å². The van der Waals surface area contributed by atoms with E-state index in [1.54, 1.807) is 25.1 Å². The van der Waals surface area contributed by atoms with Crippen molar-refractivity contribution in [3.63, 3.8) is 0 Å². The van der Waals surface area contributed by atoms with Gasteiger partial charge in [-0.05, 0) is 76.1 Å². The van der Waals surface area contributed by atoms with Crippen LogP contribution >= 0.6 is 0 Å². The minimum atomic E-state index is -1.18. The van der Waals surface area contributed by atoms with Crippen molar-refractivity contribution >= 4 is 23.3 Å². The maximum Gasteiger partial charge on any atom is 0.232 e. The first kappa shape index (κ1) is 25.1. The smallest absolute Gasteiger partial charge is 0.232 e. The molecule has 6 aliphatic rings. The molecule has 4 saturated carbocycles. The van der Waals surface area contributed by atoms with Gasteiger partial charge in [-0.3, -0.25) is 29.0 Å². The summed E-state index contributed by atoms with van der Waals surface area (Å²) in [5.74, 6) is -5.29. The molecule has 0 radical (unpaired) electrons. The Morgan fingerprint density at radius 3 is 2.51 bits per heavy atom. The van der Waals surface area contributed by atoms with Crippen molar-refractivity contribution < 1.29 is 28.7 Å². The third-order valence-corrected chi connectivity index (χ3v) is 10.2. The van der Waals surface area contributed by atoms with Gasteiger partial charge < -0.3 is 10.8 Å². The minimum Gasteiger partial charge on any atom is -0.507 e. The van der Waals surface area contributed by atoms with Crippen LogP contribution in [0.15, 0.2) is 17.7 Å². The molecule has 206 valence electrons. The molecule has 0 saturated heterocycles. The van der Waals surface area contributed by atoms with E-state index < -0.39 is 52.6 Å². The molecule has 39 heavy (non-hydrogen) atoms. The number of phenolic OH excluding ortho intramolecular Hbond substituents is 1. The second-order valence-electron chi connectivity index (χ2n) is 13.0. The van der Waals surface area contributed by atoms with Crippen LogP contribution in [-0.2, 0) is 27.3 Å². The Hall–Kier alpha value is -2.91. The topological polar surface area (TPSA) is 121 Å². The van der Waals surface area contributed by atoms with Gasteiger partial charge in [-0.25, -0.2) is 4.39 Å². The number of amides is 1. The Labute approximate surface area is 226 Å². The largest absolute Gasteiger partial charge is 0.507 e. The number of primary amides is 1. The van der Waals surface area contributed by atoms with E-state index in [1.165, 1.54) is 18.9 Å². The number of hydrogen-bond donors (Lipinski definition) is 2. The van der Waals surface area contributed by atoms with Gasteiger partial charge in [0.2, 0.25) is 5.91 Å². The summed E-state index contributed by atoms with van der Waals surface area (Å²) in [4.78, 5) is 57.5. The molecule has 9 heteroatoms. The fourth-order valence-corrected chi connectivity index (χ4v) is 8.10. The molecule has 6 atom stereocenters. The van der Waals surface area contributed by atoms with Gasteiger partial charge in [0.25, 0.3) is 0 Å². The second-order valence-corrected chi connectivity index (χ2v) is 13.0. The van der Waals surface area contributed by atoms with Crippen LogP contribution in [0.1, 0.15) is 53.6 Å². The first-order chi connectivity index (χ1) is 18.5. The molecule has 8 nitrogen and oxygen atoms in total. The summed E-state index contributed by atoms with van der Waals surface area (Å²) in [5, 5.41) is 11.0. The quantitative estimate of drug-likeness (QED) is 0.405. The molecule has 7 rings (SSSR count). The lowest BCUT2D eigenvalue weighted by Gasteiger charge is -2.50. The molecule has 1 aromatic carbocycles. The Kier molecular flexibility index (Phi) is 5.34. The summed E-state index contributed by atoms with van der Waals surface area (Å²) in [5.41, 5.74) is 5.32. The van der Waals surface area contributed by atoms with Gasteiger partial charge in [0.05, 0.1) is 22.9 Å². The van der Waals surface area contributed by atoms with E-state index in [1.807, 2.05) is 0 Å². The molecule has 3 N–H and O–H groups in total. The van der Waals surface area contributed by atoms with Gasteiger partial charge in [-0.2, -0.15) is 0 Å². The molecule has 0 aliphatic heterocycles. The molecule has 1 aromatic rings. The molecular weight excluding hydrogens is 501 g/mol.